The molecule has 1 rings (SSSR count). The fourth-order valence-electron chi connectivity index (χ4n) is 1.74. The molecule has 2 N–H and O–H groups in total. The first-order valence-electron chi connectivity index (χ1n) is 3.87. The maximum Gasteiger partial charge on any atom is 0.307 e. The maximum atomic E-state index is 10.7. The van der Waals surface area contributed by atoms with Crippen molar-refractivity contribution in [3.8, 4) is 0 Å². The van der Waals surface area contributed by atoms with Crippen LogP contribution in [0.3, 0.4) is 0 Å². The lowest BCUT2D eigenvalue weighted by molar-refractivity contribution is -0.146. The van der Waals surface area contributed by atoms with Gasteiger partial charge >= 0.3 is 5.97 Å². The van der Waals surface area contributed by atoms with Crippen LogP contribution in [0.1, 0.15) is 26.7 Å². The van der Waals surface area contributed by atoms with Crippen molar-refractivity contribution in [1.82, 2.24) is 0 Å². The lowest BCUT2D eigenvalue weighted by Gasteiger charge is -2.26. The molecule has 1 aliphatic carbocycles. The summed E-state index contributed by atoms with van der Waals surface area (Å²) < 4.78 is 0. The maximum absolute atomic E-state index is 10.7. The third-order valence-electron chi connectivity index (χ3n) is 2.78. The molecule has 0 aromatic rings. The molecule has 1 aliphatic rings. The van der Waals surface area contributed by atoms with Gasteiger partial charge < -0.3 is 10.2 Å². The van der Waals surface area contributed by atoms with Crippen LogP contribution in [0.2, 0.25) is 0 Å². The molecule has 1 saturated carbocycles. The minimum atomic E-state index is -0.786. The molecule has 0 aromatic carbocycles. The minimum absolute atomic E-state index is 0.377. The number of aliphatic hydroxyl groups excluding tert-OH is 1. The van der Waals surface area contributed by atoms with E-state index in [4.69, 9.17) is 5.11 Å². The first-order valence-corrected chi connectivity index (χ1v) is 3.87. The quantitative estimate of drug-likeness (QED) is 0.595. The highest BCUT2D eigenvalue weighted by molar-refractivity contribution is 5.71. The number of aliphatic hydroxyl groups is 1. The molecule has 64 valence electrons. The summed E-state index contributed by atoms with van der Waals surface area (Å²) in [5, 5.41) is 18.2. The van der Waals surface area contributed by atoms with E-state index in [1.807, 2.05) is 13.8 Å². The van der Waals surface area contributed by atoms with Crippen LogP contribution in [0.4, 0.5) is 0 Å². The average Bonchev–Trinajstić information content (AvgIpc) is 2.08. The molecule has 0 bridgehead atoms. The van der Waals surface area contributed by atoms with Gasteiger partial charge in [-0.1, -0.05) is 13.8 Å². The SMILES string of the molecule is CC1(C)[C@@H](O)CC[C@H]1C(=O)O. The second-order valence-electron chi connectivity index (χ2n) is 3.81. The Bertz CT molecular complexity index is 174. The molecular formula is C8H14O3. The van der Waals surface area contributed by atoms with Crippen LogP contribution in [0.25, 0.3) is 0 Å². The summed E-state index contributed by atoms with van der Waals surface area (Å²) >= 11 is 0. The number of hydrogen-bond acceptors (Lipinski definition) is 2. The molecule has 11 heavy (non-hydrogen) atoms. The summed E-state index contributed by atoms with van der Waals surface area (Å²) in [6, 6.07) is 0. The average molecular weight is 158 g/mol. The zero-order valence-electron chi connectivity index (χ0n) is 6.87. The van der Waals surface area contributed by atoms with Crippen molar-refractivity contribution in [3.63, 3.8) is 0 Å². The highest BCUT2D eigenvalue weighted by Gasteiger charge is 2.45. The molecule has 0 aliphatic heterocycles. The van der Waals surface area contributed by atoms with E-state index >= 15 is 0 Å². The number of aliphatic carboxylic acids is 1. The third kappa shape index (κ3) is 1.25. The fourth-order valence-corrected chi connectivity index (χ4v) is 1.74. The predicted octanol–water partition coefficient (Wildman–Crippen LogP) is 0.868. The molecule has 0 unspecified atom stereocenters. The van der Waals surface area contributed by atoms with Crippen LogP contribution in [0.5, 0.6) is 0 Å². The molecule has 1 fully saturated rings. The van der Waals surface area contributed by atoms with Gasteiger partial charge in [-0.2, -0.15) is 0 Å². The fraction of sp³-hybridized carbons (Fsp3) is 0.875. The summed E-state index contributed by atoms with van der Waals surface area (Å²) in [5.74, 6) is -1.16. The zero-order chi connectivity index (χ0) is 8.65. The summed E-state index contributed by atoms with van der Waals surface area (Å²) in [5.41, 5.74) is -0.453. The van der Waals surface area contributed by atoms with Crippen molar-refractivity contribution in [2.45, 2.75) is 32.8 Å². The molecule has 0 radical (unpaired) electrons. The van der Waals surface area contributed by atoms with E-state index in [1.54, 1.807) is 0 Å². The standard InChI is InChI=1S/C8H14O3/c1-8(2)5(7(10)11)3-4-6(8)9/h5-6,9H,3-4H2,1-2H3,(H,10,11)/t5-,6-/m0/s1. The lowest BCUT2D eigenvalue weighted by atomic mass is 9.80. The normalized spacial score (nSPS) is 35.5. The van der Waals surface area contributed by atoms with Gasteiger partial charge in [0.2, 0.25) is 0 Å². The zero-order valence-corrected chi connectivity index (χ0v) is 6.87. The largest absolute Gasteiger partial charge is 0.481 e. The highest BCUT2D eigenvalue weighted by atomic mass is 16.4. The van der Waals surface area contributed by atoms with Crippen molar-refractivity contribution in [1.29, 1.82) is 0 Å². The molecule has 0 spiro atoms. The Morgan fingerprint density at radius 2 is 2.00 bits per heavy atom. The molecule has 0 amide bonds. The van der Waals surface area contributed by atoms with E-state index in [0.717, 1.165) is 0 Å². The van der Waals surface area contributed by atoms with Gasteiger partial charge in [-0.25, -0.2) is 0 Å². The Kier molecular flexibility index (Phi) is 1.92. The van der Waals surface area contributed by atoms with Crippen LogP contribution in [-0.2, 0) is 4.79 Å². The number of rotatable bonds is 1. The number of carbonyl (C=O) groups is 1. The number of carboxylic acids is 1. The van der Waals surface area contributed by atoms with Gasteiger partial charge in [0, 0.05) is 5.41 Å². The van der Waals surface area contributed by atoms with E-state index in [0.29, 0.717) is 12.8 Å². The van der Waals surface area contributed by atoms with Gasteiger partial charge in [0.25, 0.3) is 0 Å². The molecule has 3 heteroatoms. The van der Waals surface area contributed by atoms with E-state index in [-0.39, 0.29) is 5.92 Å². The Morgan fingerprint density at radius 3 is 2.18 bits per heavy atom. The third-order valence-corrected chi connectivity index (χ3v) is 2.78. The van der Waals surface area contributed by atoms with Crippen molar-refractivity contribution in [2.24, 2.45) is 11.3 Å². The van der Waals surface area contributed by atoms with E-state index in [1.165, 1.54) is 0 Å². The summed E-state index contributed by atoms with van der Waals surface area (Å²) in [6.07, 6.45) is 0.761. The first kappa shape index (κ1) is 8.53. The van der Waals surface area contributed by atoms with Crippen LogP contribution < -0.4 is 0 Å². The number of hydrogen-bond donors (Lipinski definition) is 2. The van der Waals surface area contributed by atoms with Crippen LogP contribution >= 0.6 is 0 Å². The van der Waals surface area contributed by atoms with Crippen LogP contribution in [0.15, 0.2) is 0 Å². The van der Waals surface area contributed by atoms with Crippen molar-refractivity contribution in [3.05, 3.63) is 0 Å². The van der Waals surface area contributed by atoms with E-state index in [9.17, 15) is 9.90 Å². The monoisotopic (exact) mass is 158 g/mol. The van der Waals surface area contributed by atoms with E-state index in [2.05, 4.69) is 0 Å². The van der Waals surface area contributed by atoms with Crippen LogP contribution in [0, 0.1) is 11.3 Å². The summed E-state index contributed by atoms with van der Waals surface area (Å²) in [7, 11) is 0. The molecule has 0 aromatic heterocycles. The Morgan fingerprint density at radius 1 is 1.45 bits per heavy atom. The Balaban J connectivity index is 2.78. The van der Waals surface area contributed by atoms with Gasteiger partial charge in [-0.05, 0) is 12.8 Å². The smallest absolute Gasteiger partial charge is 0.307 e. The summed E-state index contributed by atoms with van der Waals surface area (Å²) in [4.78, 5) is 10.7. The number of carboxylic acid groups (broad SMARTS) is 1. The van der Waals surface area contributed by atoms with Crippen molar-refractivity contribution >= 4 is 5.97 Å². The predicted molar refractivity (Wildman–Crippen MR) is 40.1 cm³/mol. The topological polar surface area (TPSA) is 57.5 Å². The first-order chi connectivity index (χ1) is 4.96. The summed E-state index contributed by atoms with van der Waals surface area (Å²) in [6.45, 7) is 3.62. The van der Waals surface area contributed by atoms with Gasteiger partial charge in [0.15, 0.2) is 0 Å². The van der Waals surface area contributed by atoms with Gasteiger partial charge in [-0.15, -0.1) is 0 Å². The van der Waals surface area contributed by atoms with Gasteiger partial charge in [0.05, 0.1) is 12.0 Å². The van der Waals surface area contributed by atoms with Crippen molar-refractivity contribution in [2.75, 3.05) is 0 Å². The minimum Gasteiger partial charge on any atom is -0.481 e. The molecular weight excluding hydrogens is 144 g/mol. The molecule has 0 heterocycles. The Hall–Kier alpha value is -0.570. The van der Waals surface area contributed by atoms with E-state index < -0.39 is 17.5 Å². The second kappa shape index (κ2) is 2.48. The molecule has 2 atom stereocenters. The lowest BCUT2D eigenvalue weighted by Crippen LogP contribution is -2.33. The molecule has 0 saturated heterocycles. The second-order valence-corrected chi connectivity index (χ2v) is 3.81. The van der Waals surface area contributed by atoms with Crippen molar-refractivity contribution < 1.29 is 15.0 Å². The van der Waals surface area contributed by atoms with Gasteiger partial charge in [-0.3, -0.25) is 4.79 Å². The Labute approximate surface area is 66.0 Å². The van der Waals surface area contributed by atoms with Gasteiger partial charge in [0.1, 0.15) is 0 Å². The molecule has 3 nitrogen and oxygen atoms in total. The van der Waals surface area contributed by atoms with Crippen LogP contribution in [-0.4, -0.2) is 22.3 Å². The highest BCUT2D eigenvalue weighted by Crippen LogP contribution is 2.42.